The minimum absolute atomic E-state index is 0.122. The molecule has 2 aromatic carbocycles. The molecule has 1 fully saturated rings. The van der Waals surface area contributed by atoms with Crippen LogP contribution in [0.2, 0.25) is 0 Å². The quantitative estimate of drug-likeness (QED) is 0.347. The lowest BCUT2D eigenvalue weighted by molar-refractivity contribution is -0.172. The Hall–Kier alpha value is -2.92. The zero-order valence-corrected chi connectivity index (χ0v) is 18.8. The molecule has 2 aromatic rings. The topological polar surface area (TPSA) is 72.9 Å². The number of aliphatic hydroxyl groups is 1. The minimum Gasteiger partial charge on any atom is -0.509 e. The van der Waals surface area contributed by atoms with Gasteiger partial charge in [0.15, 0.2) is 11.6 Å². The van der Waals surface area contributed by atoms with Crippen molar-refractivity contribution in [2.75, 3.05) is 12.4 Å². The minimum atomic E-state index is -1.13. The van der Waals surface area contributed by atoms with Gasteiger partial charge in [0.1, 0.15) is 23.0 Å². The lowest BCUT2D eigenvalue weighted by atomic mass is 9.72. The fourth-order valence-corrected chi connectivity index (χ4v) is 4.32. The summed E-state index contributed by atoms with van der Waals surface area (Å²) >= 11 is 2.73. The van der Waals surface area contributed by atoms with E-state index in [9.17, 15) is 32.3 Å². The van der Waals surface area contributed by atoms with Gasteiger partial charge < -0.3 is 10.4 Å². The number of hydrogen-bond acceptors (Lipinski definition) is 4. The summed E-state index contributed by atoms with van der Waals surface area (Å²) in [5, 5.41) is 15.6. The molecule has 1 heterocycles. The zero-order chi connectivity index (χ0) is 24.1. The smallest absolute Gasteiger partial charge is 0.277 e. The normalized spacial score (nSPS) is 18.0. The average Bonchev–Trinajstić information content (AvgIpc) is 2.71. The number of amides is 2. The fraction of sp³-hybridized carbons (Fsp3) is 0.273. The summed E-state index contributed by atoms with van der Waals surface area (Å²) in [5.41, 5.74) is -2.10. The molecule has 0 atom stereocenters. The highest BCUT2D eigenvalue weighted by atomic mass is 79.9. The highest BCUT2D eigenvalue weighted by Gasteiger charge is 2.54. The van der Waals surface area contributed by atoms with E-state index in [1.807, 2.05) is 0 Å². The second kappa shape index (κ2) is 8.45. The van der Waals surface area contributed by atoms with Crippen LogP contribution in [-0.4, -0.2) is 39.5 Å². The number of hydrazine groups is 1. The first-order valence-corrected chi connectivity index (χ1v) is 10.7. The summed E-state index contributed by atoms with van der Waals surface area (Å²) < 4.78 is 55.3. The van der Waals surface area contributed by atoms with E-state index < -0.39 is 63.0 Å². The zero-order valence-electron chi connectivity index (χ0n) is 17.3. The van der Waals surface area contributed by atoms with E-state index in [-0.39, 0.29) is 11.3 Å². The Bertz CT molecular complexity index is 1180. The van der Waals surface area contributed by atoms with Crippen LogP contribution in [0.1, 0.15) is 24.8 Å². The maximum atomic E-state index is 14.3. The van der Waals surface area contributed by atoms with Gasteiger partial charge in [-0.25, -0.2) is 22.6 Å². The molecule has 4 rings (SSSR count). The Morgan fingerprint density at radius 2 is 1.79 bits per heavy atom. The molecule has 1 spiro atoms. The Morgan fingerprint density at radius 1 is 1.15 bits per heavy atom. The van der Waals surface area contributed by atoms with Crippen LogP contribution >= 0.6 is 15.9 Å². The van der Waals surface area contributed by atoms with E-state index >= 15 is 0 Å². The van der Waals surface area contributed by atoms with Gasteiger partial charge in [-0.1, -0.05) is 12.1 Å². The van der Waals surface area contributed by atoms with Crippen molar-refractivity contribution in [3.63, 3.8) is 0 Å². The van der Waals surface area contributed by atoms with Crippen molar-refractivity contribution in [3.05, 3.63) is 75.0 Å². The van der Waals surface area contributed by atoms with E-state index in [0.29, 0.717) is 19.3 Å². The molecule has 6 nitrogen and oxygen atoms in total. The Morgan fingerprint density at radius 3 is 2.36 bits per heavy atom. The van der Waals surface area contributed by atoms with Crippen molar-refractivity contribution < 1.29 is 32.3 Å². The highest BCUT2D eigenvalue weighted by Crippen LogP contribution is 2.47. The predicted octanol–water partition coefficient (Wildman–Crippen LogP) is 4.57. The Kier molecular flexibility index (Phi) is 5.95. The van der Waals surface area contributed by atoms with Crippen LogP contribution in [0.5, 0.6) is 0 Å². The van der Waals surface area contributed by atoms with Crippen molar-refractivity contribution in [3.8, 4) is 0 Å². The monoisotopic (exact) mass is 527 g/mol. The molecule has 2 amide bonds. The lowest BCUT2D eigenvalue weighted by Gasteiger charge is -2.54. The first kappa shape index (κ1) is 23.2. The molecule has 0 saturated heterocycles. The van der Waals surface area contributed by atoms with Gasteiger partial charge in [-0.15, -0.1) is 0 Å². The maximum absolute atomic E-state index is 14.3. The van der Waals surface area contributed by atoms with E-state index in [4.69, 9.17) is 0 Å². The second-order valence-corrected chi connectivity index (χ2v) is 8.71. The fourth-order valence-electron chi connectivity index (χ4n) is 4.09. The standard InChI is InChI=1S/C22H18BrF4N3O3/c1-29-22(6-3-7-22)19(31)16(20(32)28-12-8-14(25)17(23)15(26)9-12)21(33)30(29)10-11-4-2-5-13(24)18(11)27/h2,4-5,8-9,31H,3,6-7,10H2,1H3,(H,28,32). The van der Waals surface area contributed by atoms with Gasteiger partial charge in [-0.2, -0.15) is 0 Å². The third-order valence-corrected chi connectivity index (χ3v) is 6.87. The van der Waals surface area contributed by atoms with E-state index in [2.05, 4.69) is 21.2 Å². The SMILES string of the molecule is CN1N(Cc2cccc(F)c2F)C(=O)C(C(=O)Nc2cc(F)c(Br)c(F)c2)=C(O)C12CCC2. The van der Waals surface area contributed by atoms with Gasteiger partial charge in [0.2, 0.25) is 0 Å². The van der Waals surface area contributed by atoms with Crippen LogP contribution in [0.25, 0.3) is 0 Å². The first-order valence-electron chi connectivity index (χ1n) is 9.95. The van der Waals surface area contributed by atoms with Crippen LogP contribution in [-0.2, 0) is 16.1 Å². The Balaban J connectivity index is 1.71. The summed E-state index contributed by atoms with van der Waals surface area (Å²) in [5.74, 6) is -6.70. The van der Waals surface area contributed by atoms with Gasteiger partial charge in [-0.05, 0) is 53.4 Å². The molecule has 0 radical (unpaired) electrons. The van der Waals surface area contributed by atoms with Crippen LogP contribution < -0.4 is 5.32 Å². The van der Waals surface area contributed by atoms with Crippen molar-refractivity contribution in [2.45, 2.75) is 31.3 Å². The number of hydrogen-bond donors (Lipinski definition) is 2. The van der Waals surface area contributed by atoms with Crippen LogP contribution in [0, 0.1) is 23.3 Å². The first-order chi connectivity index (χ1) is 15.6. The number of carbonyl (C=O) groups is 2. The van der Waals surface area contributed by atoms with Gasteiger partial charge in [0.25, 0.3) is 11.8 Å². The Labute approximate surface area is 194 Å². The summed E-state index contributed by atoms with van der Waals surface area (Å²) in [7, 11) is 1.51. The molecule has 1 aliphatic carbocycles. The number of carbonyl (C=O) groups excluding carboxylic acids is 2. The number of likely N-dealkylation sites (N-methyl/N-ethyl adjacent to an activating group) is 1. The number of halogens is 5. The molecule has 1 aliphatic heterocycles. The molecule has 0 bridgehead atoms. The maximum Gasteiger partial charge on any atom is 0.277 e. The number of nitrogens with one attached hydrogen (secondary N) is 1. The largest absolute Gasteiger partial charge is 0.509 e. The number of benzene rings is 2. The van der Waals surface area contributed by atoms with E-state index in [1.165, 1.54) is 24.2 Å². The third kappa shape index (κ3) is 3.78. The summed E-state index contributed by atoms with van der Waals surface area (Å²) in [6.07, 6.45) is 1.51. The van der Waals surface area contributed by atoms with Crippen molar-refractivity contribution in [2.24, 2.45) is 0 Å². The van der Waals surface area contributed by atoms with Crippen LogP contribution in [0.4, 0.5) is 23.2 Å². The number of aliphatic hydroxyl groups excluding tert-OH is 1. The summed E-state index contributed by atoms with van der Waals surface area (Å²) in [6.45, 7) is -0.397. The number of rotatable bonds is 4. The van der Waals surface area contributed by atoms with Crippen LogP contribution in [0.3, 0.4) is 0 Å². The lowest BCUT2D eigenvalue weighted by Crippen LogP contribution is -2.65. The van der Waals surface area contributed by atoms with Gasteiger partial charge in [0, 0.05) is 18.3 Å². The van der Waals surface area contributed by atoms with Gasteiger partial charge >= 0.3 is 0 Å². The molecule has 2 aliphatic rings. The molecule has 174 valence electrons. The predicted molar refractivity (Wildman–Crippen MR) is 114 cm³/mol. The third-order valence-electron chi connectivity index (χ3n) is 6.11. The molecular formula is C22H18BrF4N3O3. The summed E-state index contributed by atoms with van der Waals surface area (Å²) in [6, 6.07) is 5.23. The average molecular weight is 528 g/mol. The molecule has 1 saturated carbocycles. The highest BCUT2D eigenvalue weighted by molar-refractivity contribution is 9.10. The summed E-state index contributed by atoms with van der Waals surface area (Å²) in [4.78, 5) is 26.2. The number of nitrogens with zero attached hydrogens (tertiary/aromatic N) is 2. The van der Waals surface area contributed by atoms with Crippen molar-refractivity contribution in [1.82, 2.24) is 10.0 Å². The molecule has 33 heavy (non-hydrogen) atoms. The van der Waals surface area contributed by atoms with E-state index in [0.717, 1.165) is 23.2 Å². The van der Waals surface area contributed by atoms with Crippen molar-refractivity contribution in [1.29, 1.82) is 0 Å². The molecule has 0 unspecified atom stereocenters. The van der Waals surface area contributed by atoms with Crippen molar-refractivity contribution >= 4 is 33.4 Å². The van der Waals surface area contributed by atoms with Gasteiger partial charge in [-0.3, -0.25) is 14.6 Å². The molecular weight excluding hydrogens is 510 g/mol. The molecule has 11 heteroatoms. The van der Waals surface area contributed by atoms with Gasteiger partial charge in [0.05, 0.1) is 16.6 Å². The molecule has 0 aromatic heterocycles. The second-order valence-electron chi connectivity index (χ2n) is 7.92. The van der Waals surface area contributed by atoms with E-state index in [1.54, 1.807) is 0 Å². The van der Waals surface area contributed by atoms with Crippen LogP contribution in [0.15, 0.2) is 46.1 Å². The molecule has 2 N–H and O–H groups in total. The number of anilines is 1.